The van der Waals surface area contributed by atoms with Gasteiger partial charge in [-0.25, -0.2) is 8.78 Å². The maximum Gasteiger partial charge on any atom is 0.133 e. The molecule has 0 bridgehead atoms. The summed E-state index contributed by atoms with van der Waals surface area (Å²) in [7, 11) is 0. The summed E-state index contributed by atoms with van der Waals surface area (Å²) in [4.78, 5) is 2.32. The monoisotopic (exact) mass is 297 g/mol. The van der Waals surface area contributed by atoms with E-state index in [0.29, 0.717) is 24.8 Å². The molecular formula is C15H21F2N3O. The van der Waals surface area contributed by atoms with E-state index in [2.05, 4.69) is 10.3 Å². The van der Waals surface area contributed by atoms with Gasteiger partial charge >= 0.3 is 0 Å². The minimum Gasteiger partial charge on any atom is -0.373 e. The lowest BCUT2D eigenvalue weighted by Crippen LogP contribution is -2.52. The van der Waals surface area contributed by atoms with Gasteiger partial charge in [0.1, 0.15) is 11.6 Å². The van der Waals surface area contributed by atoms with Gasteiger partial charge < -0.3 is 4.74 Å². The summed E-state index contributed by atoms with van der Waals surface area (Å²) in [5.74, 6) is 4.44. The van der Waals surface area contributed by atoms with E-state index in [1.54, 1.807) is 6.92 Å². The van der Waals surface area contributed by atoms with Crippen molar-refractivity contribution in [2.24, 2.45) is 5.84 Å². The van der Waals surface area contributed by atoms with E-state index in [9.17, 15) is 8.78 Å². The highest BCUT2D eigenvalue weighted by Gasteiger charge is 2.37. The van der Waals surface area contributed by atoms with Crippen LogP contribution in [0.25, 0.3) is 0 Å². The molecule has 6 heteroatoms. The molecule has 3 N–H and O–H groups in total. The van der Waals surface area contributed by atoms with Crippen LogP contribution < -0.4 is 11.3 Å². The van der Waals surface area contributed by atoms with Crippen LogP contribution in [0.3, 0.4) is 0 Å². The van der Waals surface area contributed by atoms with Crippen LogP contribution in [0.4, 0.5) is 8.78 Å². The zero-order chi connectivity index (χ0) is 15.0. The molecule has 0 saturated carbocycles. The Labute approximate surface area is 123 Å². The smallest absolute Gasteiger partial charge is 0.133 e. The number of morpholine rings is 1. The van der Waals surface area contributed by atoms with Gasteiger partial charge in [-0.1, -0.05) is 6.07 Å². The average Bonchev–Trinajstić information content (AvgIpc) is 2.95. The number of benzene rings is 1. The molecule has 0 amide bonds. The Hall–Kier alpha value is -1.08. The van der Waals surface area contributed by atoms with Gasteiger partial charge in [-0.3, -0.25) is 16.2 Å². The van der Waals surface area contributed by atoms with Crippen molar-refractivity contribution in [2.75, 3.05) is 19.7 Å². The lowest BCUT2D eigenvalue weighted by molar-refractivity contribution is -0.0662. The van der Waals surface area contributed by atoms with E-state index in [1.165, 1.54) is 12.1 Å². The first-order valence-corrected chi connectivity index (χ1v) is 7.38. The summed E-state index contributed by atoms with van der Waals surface area (Å²) in [6.45, 7) is 3.87. The number of hydrogen-bond acceptors (Lipinski definition) is 4. The Bertz CT molecular complexity index is 526. The summed E-state index contributed by atoms with van der Waals surface area (Å²) in [5, 5.41) is 0. The molecule has 21 heavy (non-hydrogen) atoms. The first kappa shape index (κ1) is 14.8. The number of ether oxygens (including phenoxy) is 1. The molecule has 4 nitrogen and oxygen atoms in total. The Balaban J connectivity index is 1.87. The number of aryl methyl sites for hydroxylation is 1. The van der Waals surface area contributed by atoms with E-state index in [-0.39, 0.29) is 11.7 Å². The Morgan fingerprint density at radius 1 is 1.43 bits per heavy atom. The molecule has 1 aromatic carbocycles. The van der Waals surface area contributed by atoms with Crippen LogP contribution in [-0.4, -0.2) is 36.7 Å². The van der Waals surface area contributed by atoms with Gasteiger partial charge in [-0.05, 0) is 37.9 Å². The van der Waals surface area contributed by atoms with Crippen molar-refractivity contribution >= 4 is 0 Å². The molecular weight excluding hydrogens is 276 g/mol. The first-order valence-electron chi connectivity index (χ1n) is 7.38. The average molecular weight is 297 g/mol. The van der Waals surface area contributed by atoms with Crippen LogP contribution in [0.1, 0.15) is 30.0 Å². The van der Waals surface area contributed by atoms with Crippen LogP contribution in [0.5, 0.6) is 0 Å². The molecule has 116 valence electrons. The maximum atomic E-state index is 14.3. The van der Waals surface area contributed by atoms with Crippen molar-refractivity contribution < 1.29 is 13.5 Å². The second-order valence-electron chi connectivity index (χ2n) is 5.90. The predicted octanol–water partition coefficient (Wildman–Crippen LogP) is 1.64. The highest BCUT2D eigenvalue weighted by molar-refractivity contribution is 5.30. The number of rotatable bonds is 3. The third kappa shape index (κ3) is 2.68. The van der Waals surface area contributed by atoms with Crippen LogP contribution in [-0.2, 0) is 4.74 Å². The van der Waals surface area contributed by atoms with E-state index in [1.807, 2.05) is 0 Å². The zero-order valence-electron chi connectivity index (χ0n) is 12.1. The van der Waals surface area contributed by atoms with Crippen LogP contribution >= 0.6 is 0 Å². The molecule has 2 aliphatic rings. The van der Waals surface area contributed by atoms with Gasteiger partial charge in [-0.2, -0.15) is 0 Å². The Kier molecular flexibility index (Phi) is 4.21. The molecule has 0 aliphatic carbocycles. The van der Waals surface area contributed by atoms with Crippen molar-refractivity contribution in [3.8, 4) is 0 Å². The fourth-order valence-corrected chi connectivity index (χ4v) is 3.38. The molecule has 3 atom stereocenters. The van der Waals surface area contributed by atoms with E-state index < -0.39 is 17.7 Å². The number of hydrazine groups is 1. The minimum absolute atomic E-state index is 0.0276. The van der Waals surface area contributed by atoms with Crippen molar-refractivity contribution in [2.45, 2.75) is 38.0 Å². The van der Waals surface area contributed by atoms with Gasteiger partial charge in [-0.15, -0.1) is 0 Å². The summed E-state index contributed by atoms with van der Waals surface area (Å²) < 4.78 is 34.2. The van der Waals surface area contributed by atoms with Crippen molar-refractivity contribution in [1.82, 2.24) is 10.3 Å². The lowest BCUT2D eigenvalue weighted by atomic mass is 9.97. The molecule has 2 fully saturated rings. The number of nitrogens with two attached hydrogens (primary N) is 1. The van der Waals surface area contributed by atoms with Crippen molar-refractivity contribution in [3.63, 3.8) is 0 Å². The highest BCUT2D eigenvalue weighted by Crippen LogP contribution is 2.31. The minimum atomic E-state index is -0.688. The third-order valence-corrected chi connectivity index (χ3v) is 4.60. The van der Waals surface area contributed by atoms with Gasteiger partial charge in [0.15, 0.2) is 0 Å². The van der Waals surface area contributed by atoms with Gasteiger partial charge in [0.2, 0.25) is 0 Å². The molecule has 0 spiro atoms. The number of nitrogens with one attached hydrogen (secondary N) is 1. The second kappa shape index (κ2) is 5.96. The summed E-state index contributed by atoms with van der Waals surface area (Å²) in [6, 6.07) is 2.46. The molecule has 0 aromatic heterocycles. The second-order valence-corrected chi connectivity index (χ2v) is 5.90. The van der Waals surface area contributed by atoms with Gasteiger partial charge in [0, 0.05) is 18.2 Å². The SMILES string of the molecule is Cc1ccc(F)c(C(NN)C2CN3CCCC3CO2)c1F. The topological polar surface area (TPSA) is 50.5 Å². The fraction of sp³-hybridized carbons (Fsp3) is 0.600. The van der Waals surface area contributed by atoms with Crippen LogP contribution in [0, 0.1) is 18.6 Å². The number of fused-ring (bicyclic) bond motifs is 1. The van der Waals surface area contributed by atoms with E-state index >= 15 is 0 Å². The van der Waals surface area contributed by atoms with Gasteiger partial charge in [0.05, 0.1) is 18.8 Å². The molecule has 0 radical (unpaired) electrons. The van der Waals surface area contributed by atoms with E-state index in [4.69, 9.17) is 10.6 Å². The van der Waals surface area contributed by atoms with Crippen LogP contribution in [0.2, 0.25) is 0 Å². The normalized spacial score (nSPS) is 27.6. The summed E-state index contributed by atoms with van der Waals surface area (Å²) in [6.07, 6.45) is 1.92. The van der Waals surface area contributed by atoms with Crippen molar-refractivity contribution in [1.29, 1.82) is 0 Å². The zero-order valence-corrected chi connectivity index (χ0v) is 12.1. The molecule has 1 aromatic rings. The molecule has 2 heterocycles. The van der Waals surface area contributed by atoms with Crippen molar-refractivity contribution in [3.05, 3.63) is 34.9 Å². The lowest BCUT2D eigenvalue weighted by Gasteiger charge is -2.38. The van der Waals surface area contributed by atoms with Crippen LogP contribution in [0.15, 0.2) is 12.1 Å². The molecule has 2 aliphatic heterocycles. The first-order chi connectivity index (χ1) is 10.1. The maximum absolute atomic E-state index is 14.3. The summed E-state index contributed by atoms with van der Waals surface area (Å²) in [5.41, 5.74) is 2.92. The molecule has 3 rings (SSSR count). The van der Waals surface area contributed by atoms with Gasteiger partial charge in [0.25, 0.3) is 0 Å². The number of hydrogen-bond donors (Lipinski definition) is 2. The largest absolute Gasteiger partial charge is 0.373 e. The fourth-order valence-electron chi connectivity index (χ4n) is 3.38. The Morgan fingerprint density at radius 3 is 3.00 bits per heavy atom. The third-order valence-electron chi connectivity index (χ3n) is 4.60. The number of nitrogens with zero attached hydrogens (tertiary/aromatic N) is 1. The summed E-state index contributed by atoms with van der Waals surface area (Å²) >= 11 is 0. The molecule has 2 saturated heterocycles. The standard InChI is InChI=1S/C15H21F2N3O/c1-9-4-5-11(16)13(14(9)17)15(19-18)12-7-20-6-2-3-10(20)8-21-12/h4-5,10,12,15,19H,2-3,6-8,18H2,1H3. The number of halogens is 2. The predicted molar refractivity (Wildman–Crippen MR) is 75.5 cm³/mol. The molecule has 3 unspecified atom stereocenters. The highest BCUT2D eigenvalue weighted by atomic mass is 19.1. The van der Waals surface area contributed by atoms with E-state index in [0.717, 1.165) is 19.4 Å². The Morgan fingerprint density at radius 2 is 2.24 bits per heavy atom. The quantitative estimate of drug-likeness (QED) is 0.658.